The van der Waals surface area contributed by atoms with Crippen molar-refractivity contribution in [2.45, 2.75) is 4.90 Å². The summed E-state index contributed by atoms with van der Waals surface area (Å²) >= 11 is 0. The van der Waals surface area contributed by atoms with E-state index in [1.807, 2.05) is 0 Å². The van der Waals surface area contributed by atoms with Crippen molar-refractivity contribution in [2.24, 2.45) is 0 Å². The van der Waals surface area contributed by atoms with Crippen LogP contribution in [0, 0.1) is 28.8 Å². The van der Waals surface area contributed by atoms with Crippen molar-refractivity contribution in [1.29, 1.82) is 5.26 Å². The first-order chi connectivity index (χ1) is 9.85. The molecule has 0 saturated heterocycles. The van der Waals surface area contributed by atoms with Crippen molar-refractivity contribution in [1.82, 2.24) is 0 Å². The number of rotatable bonds is 3. The fraction of sp³-hybridized carbons (Fsp3) is 0. The Bertz CT molecular complexity index is 822. The minimum absolute atomic E-state index is 0.187. The zero-order valence-corrected chi connectivity index (χ0v) is 11.1. The van der Waals surface area contributed by atoms with E-state index >= 15 is 0 Å². The van der Waals surface area contributed by atoms with Gasteiger partial charge in [-0.05, 0) is 12.1 Å². The third-order valence-electron chi connectivity index (χ3n) is 2.54. The number of hydrogen-bond acceptors (Lipinski definition) is 3. The molecular formula is C13H7F3N2O2S. The van der Waals surface area contributed by atoms with E-state index in [0.29, 0.717) is 12.1 Å². The number of anilines is 1. The summed E-state index contributed by atoms with van der Waals surface area (Å²) in [7, 11) is -4.39. The number of hydrogen-bond donors (Lipinski definition) is 1. The van der Waals surface area contributed by atoms with Gasteiger partial charge in [0.05, 0.1) is 5.56 Å². The Morgan fingerprint density at radius 2 is 1.62 bits per heavy atom. The molecule has 2 aromatic rings. The number of halogens is 3. The summed E-state index contributed by atoms with van der Waals surface area (Å²) in [5.41, 5.74) is -1.20. The quantitative estimate of drug-likeness (QED) is 0.947. The van der Waals surface area contributed by atoms with Gasteiger partial charge in [-0.2, -0.15) is 5.26 Å². The van der Waals surface area contributed by atoms with Crippen LogP contribution in [0.3, 0.4) is 0 Å². The Morgan fingerprint density at radius 3 is 2.19 bits per heavy atom. The number of nitrogens with zero attached hydrogens (tertiary/aromatic N) is 1. The lowest BCUT2D eigenvalue weighted by Crippen LogP contribution is -2.16. The average Bonchev–Trinajstić information content (AvgIpc) is 2.43. The monoisotopic (exact) mass is 312 g/mol. The maximum Gasteiger partial charge on any atom is 0.263 e. The van der Waals surface area contributed by atoms with Crippen molar-refractivity contribution in [3.05, 3.63) is 59.4 Å². The smallest absolute Gasteiger partial charge is 0.263 e. The second-order valence-corrected chi connectivity index (χ2v) is 5.61. The highest BCUT2D eigenvalue weighted by molar-refractivity contribution is 7.92. The molecule has 21 heavy (non-hydrogen) atoms. The van der Waals surface area contributed by atoms with Crippen LogP contribution in [0.5, 0.6) is 0 Å². The van der Waals surface area contributed by atoms with Crippen molar-refractivity contribution in [2.75, 3.05) is 4.72 Å². The van der Waals surface area contributed by atoms with E-state index in [1.165, 1.54) is 18.2 Å². The topological polar surface area (TPSA) is 70.0 Å². The van der Waals surface area contributed by atoms with Crippen LogP contribution < -0.4 is 4.72 Å². The molecule has 0 saturated carbocycles. The lowest BCUT2D eigenvalue weighted by atomic mass is 10.2. The van der Waals surface area contributed by atoms with Gasteiger partial charge in [-0.25, -0.2) is 21.6 Å². The molecule has 0 bridgehead atoms. The predicted molar refractivity (Wildman–Crippen MR) is 68.3 cm³/mol. The van der Waals surface area contributed by atoms with Crippen LogP contribution in [-0.2, 0) is 10.0 Å². The van der Waals surface area contributed by atoms with E-state index < -0.39 is 38.1 Å². The van der Waals surface area contributed by atoms with Gasteiger partial charge < -0.3 is 0 Å². The van der Waals surface area contributed by atoms with Crippen LogP contribution in [0.4, 0.5) is 18.9 Å². The Balaban J connectivity index is 2.51. The molecule has 2 aromatic carbocycles. The minimum atomic E-state index is -4.39. The molecule has 0 aliphatic rings. The van der Waals surface area contributed by atoms with Gasteiger partial charge in [0.2, 0.25) is 0 Å². The fourth-order valence-corrected chi connectivity index (χ4v) is 2.86. The zero-order valence-electron chi connectivity index (χ0n) is 10.3. The van der Waals surface area contributed by atoms with Gasteiger partial charge in [0, 0.05) is 12.1 Å². The van der Waals surface area contributed by atoms with Crippen molar-refractivity contribution in [3.8, 4) is 6.07 Å². The summed E-state index contributed by atoms with van der Waals surface area (Å²) in [6, 6.07) is 7.50. The highest BCUT2D eigenvalue weighted by Gasteiger charge is 2.22. The van der Waals surface area contributed by atoms with Crippen LogP contribution in [0.2, 0.25) is 0 Å². The van der Waals surface area contributed by atoms with E-state index in [2.05, 4.69) is 0 Å². The first-order valence-corrected chi connectivity index (χ1v) is 7.00. The highest BCUT2D eigenvalue weighted by Crippen LogP contribution is 2.24. The van der Waals surface area contributed by atoms with Crippen LogP contribution in [0.25, 0.3) is 0 Å². The van der Waals surface area contributed by atoms with Gasteiger partial charge in [-0.1, -0.05) is 12.1 Å². The van der Waals surface area contributed by atoms with Gasteiger partial charge in [-0.15, -0.1) is 0 Å². The first-order valence-electron chi connectivity index (χ1n) is 5.51. The van der Waals surface area contributed by atoms with E-state index in [1.54, 1.807) is 10.8 Å². The average molecular weight is 312 g/mol. The van der Waals surface area contributed by atoms with E-state index in [9.17, 15) is 21.6 Å². The van der Waals surface area contributed by atoms with Gasteiger partial charge >= 0.3 is 0 Å². The second-order valence-electron chi connectivity index (χ2n) is 3.96. The first kappa shape index (κ1) is 14.9. The van der Waals surface area contributed by atoms with E-state index in [-0.39, 0.29) is 5.56 Å². The summed E-state index contributed by atoms with van der Waals surface area (Å²) in [5.74, 6) is -3.97. The van der Waals surface area contributed by atoms with Gasteiger partial charge in [0.1, 0.15) is 22.5 Å². The number of nitriles is 1. The zero-order chi connectivity index (χ0) is 15.6. The predicted octanol–water partition coefficient (Wildman–Crippen LogP) is 2.78. The summed E-state index contributed by atoms with van der Waals surface area (Å²) in [6.07, 6.45) is 0. The minimum Gasteiger partial charge on any atom is -0.274 e. The molecule has 0 aliphatic heterocycles. The van der Waals surface area contributed by atoms with Crippen LogP contribution >= 0.6 is 0 Å². The standard InChI is InChI=1S/C13H7F3N2O2S/c14-9-5-10(15)13(11(16)6-9)18-21(19,20)12-4-2-1-3-8(12)7-17/h1-6,18H. The third-order valence-corrected chi connectivity index (χ3v) is 3.95. The van der Waals surface area contributed by atoms with Crippen LogP contribution in [0.15, 0.2) is 41.3 Å². The lowest BCUT2D eigenvalue weighted by molar-refractivity contribution is 0.547. The molecule has 8 heteroatoms. The molecule has 4 nitrogen and oxygen atoms in total. The molecule has 0 atom stereocenters. The maximum atomic E-state index is 13.5. The molecule has 0 aromatic heterocycles. The normalized spacial score (nSPS) is 11.0. The fourth-order valence-electron chi connectivity index (χ4n) is 1.62. The summed E-state index contributed by atoms with van der Waals surface area (Å²) in [5, 5.41) is 8.85. The van der Waals surface area contributed by atoms with Crippen LogP contribution in [-0.4, -0.2) is 8.42 Å². The largest absolute Gasteiger partial charge is 0.274 e. The molecule has 0 aliphatic carbocycles. The third kappa shape index (κ3) is 2.98. The van der Waals surface area contributed by atoms with E-state index in [0.717, 1.165) is 6.07 Å². The Morgan fingerprint density at radius 1 is 1.05 bits per heavy atom. The Labute approximate surface area is 118 Å². The van der Waals surface area contributed by atoms with E-state index in [4.69, 9.17) is 5.26 Å². The molecule has 2 rings (SSSR count). The van der Waals surface area contributed by atoms with Crippen molar-refractivity contribution < 1.29 is 21.6 Å². The molecular weight excluding hydrogens is 305 g/mol. The second kappa shape index (κ2) is 5.46. The van der Waals surface area contributed by atoms with Crippen LogP contribution in [0.1, 0.15) is 5.56 Å². The molecule has 1 N–H and O–H groups in total. The summed E-state index contributed by atoms with van der Waals surface area (Å²) < 4.78 is 65.6. The van der Waals surface area contributed by atoms with Gasteiger partial charge in [-0.3, -0.25) is 4.72 Å². The van der Waals surface area contributed by atoms with Crippen molar-refractivity contribution in [3.63, 3.8) is 0 Å². The molecule has 0 spiro atoms. The molecule has 0 fully saturated rings. The maximum absolute atomic E-state index is 13.5. The van der Waals surface area contributed by atoms with Crippen molar-refractivity contribution >= 4 is 15.7 Å². The molecule has 0 unspecified atom stereocenters. The Kier molecular flexibility index (Phi) is 3.86. The van der Waals surface area contributed by atoms with Gasteiger partial charge in [0.15, 0.2) is 11.6 Å². The SMILES string of the molecule is N#Cc1ccccc1S(=O)(=O)Nc1c(F)cc(F)cc1F. The Hall–Kier alpha value is -2.53. The number of benzene rings is 2. The summed E-state index contributed by atoms with van der Waals surface area (Å²) in [4.78, 5) is -0.435. The molecule has 108 valence electrons. The van der Waals surface area contributed by atoms with Gasteiger partial charge in [0.25, 0.3) is 10.0 Å². The highest BCUT2D eigenvalue weighted by atomic mass is 32.2. The lowest BCUT2D eigenvalue weighted by Gasteiger charge is -2.10. The molecule has 0 heterocycles. The molecule has 0 amide bonds. The summed E-state index contributed by atoms with van der Waals surface area (Å²) in [6.45, 7) is 0. The number of nitrogens with one attached hydrogen (secondary N) is 1. The molecule has 0 radical (unpaired) electrons. The number of sulfonamides is 1.